The maximum atomic E-state index is 12.3. The molecule has 3 rings (SSSR count). The average molecular weight is 327 g/mol. The first-order valence-corrected chi connectivity index (χ1v) is 8.10. The van der Waals surface area contributed by atoms with Crippen molar-refractivity contribution in [2.75, 3.05) is 5.32 Å². The van der Waals surface area contributed by atoms with Crippen LogP contribution in [-0.2, 0) is 11.2 Å². The van der Waals surface area contributed by atoms with Crippen LogP contribution in [0, 0.1) is 20.8 Å². The van der Waals surface area contributed by atoms with E-state index in [0.717, 1.165) is 26.6 Å². The van der Waals surface area contributed by atoms with Crippen molar-refractivity contribution in [2.45, 2.75) is 27.2 Å². The lowest BCUT2D eigenvalue weighted by atomic mass is 10.1. The lowest BCUT2D eigenvalue weighted by Gasteiger charge is -2.06. The summed E-state index contributed by atoms with van der Waals surface area (Å²) in [4.78, 5) is 18.4. The summed E-state index contributed by atoms with van der Waals surface area (Å²) in [7, 11) is 0. The van der Waals surface area contributed by atoms with E-state index in [4.69, 9.17) is 4.52 Å². The minimum absolute atomic E-state index is 0.0314. The van der Waals surface area contributed by atoms with Crippen molar-refractivity contribution in [1.29, 1.82) is 0 Å². The molecule has 1 amide bonds. The number of carbonyl (C=O) groups is 1. The Morgan fingerprint density at radius 2 is 2.04 bits per heavy atom. The number of rotatable bonds is 4. The average Bonchev–Trinajstić information content (AvgIpc) is 3.08. The van der Waals surface area contributed by atoms with Crippen molar-refractivity contribution >= 4 is 22.9 Å². The fourth-order valence-corrected chi connectivity index (χ4v) is 3.19. The number of anilines is 1. The Balaban J connectivity index is 1.74. The Morgan fingerprint density at radius 1 is 1.26 bits per heavy atom. The molecule has 0 spiro atoms. The summed E-state index contributed by atoms with van der Waals surface area (Å²) in [6.45, 7) is 5.72. The van der Waals surface area contributed by atoms with Gasteiger partial charge in [0.2, 0.25) is 17.6 Å². The van der Waals surface area contributed by atoms with Crippen LogP contribution < -0.4 is 5.32 Å². The highest BCUT2D eigenvalue weighted by atomic mass is 32.1. The molecule has 0 unspecified atom stereocenters. The van der Waals surface area contributed by atoms with Crippen molar-refractivity contribution in [2.24, 2.45) is 0 Å². The molecule has 6 heteroatoms. The molecule has 118 valence electrons. The van der Waals surface area contributed by atoms with Gasteiger partial charge in [0.1, 0.15) is 0 Å². The molecule has 0 fully saturated rings. The van der Waals surface area contributed by atoms with Gasteiger partial charge < -0.3 is 9.84 Å². The first-order chi connectivity index (χ1) is 11.0. The van der Waals surface area contributed by atoms with Gasteiger partial charge in [-0.1, -0.05) is 29.4 Å². The zero-order valence-electron chi connectivity index (χ0n) is 13.2. The monoisotopic (exact) mass is 327 g/mol. The molecule has 0 aliphatic carbocycles. The molecular weight excluding hydrogens is 310 g/mol. The van der Waals surface area contributed by atoms with E-state index in [1.54, 1.807) is 6.92 Å². The third-order valence-corrected chi connectivity index (χ3v) is 4.60. The lowest BCUT2D eigenvalue weighted by molar-refractivity contribution is -0.115. The molecule has 3 aromatic rings. The SMILES string of the molecule is Cc1nc(-c2cc(NC(=O)Cc3ccccc3C)c(C)s2)no1. The number of thiophene rings is 1. The molecule has 0 aliphatic heterocycles. The predicted octanol–water partition coefficient (Wildman–Crippen LogP) is 3.90. The van der Waals surface area contributed by atoms with E-state index in [0.29, 0.717) is 18.1 Å². The van der Waals surface area contributed by atoms with Crippen LogP contribution in [0.2, 0.25) is 0 Å². The Hall–Kier alpha value is -2.47. The number of aromatic nitrogens is 2. The van der Waals surface area contributed by atoms with Gasteiger partial charge in [0, 0.05) is 11.8 Å². The second-order valence-corrected chi connectivity index (χ2v) is 6.63. The molecular formula is C17H17N3O2S. The van der Waals surface area contributed by atoms with Crippen molar-refractivity contribution in [3.8, 4) is 10.7 Å². The van der Waals surface area contributed by atoms with E-state index in [1.807, 2.05) is 44.2 Å². The minimum Gasteiger partial charge on any atom is -0.339 e. The van der Waals surface area contributed by atoms with Gasteiger partial charge >= 0.3 is 0 Å². The molecule has 0 radical (unpaired) electrons. The standard InChI is InChI=1S/C17H17N3O2S/c1-10-6-4-5-7-13(10)8-16(21)19-14-9-15(23-11(14)2)17-18-12(3)22-20-17/h4-7,9H,8H2,1-3H3,(H,19,21). The fraction of sp³-hybridized carbons (Fsp3) is 0.235. The van der Waals surface area contributed by atoms with Crippen molar-refractivity contribution in [3.63, 3.8) is 0 Å². The van der Waals surface area contributed by atoms with Crippen LogP contribution in [0.5, 0.6) is 0 Å². The predicted molar refractivity (Wildman–Crippen MR) is 90.6 cm³/mol. The second kappa shape index (κ2) is 6.34. The smallest absolute Gasteiger partial charge is 0.228 e. The van der Waals surface area contributed by atoms with Crippen molar-refractivity contribution in [1.82, 2.24) is 10.1 Å². The fourth-order valence-electron chi connectivity index (χ4n) is 2.29. The molecule has 0 saturated carbocycles. The Bertz CT molecular complexity index is 851. The Morgan fingerprint density at radius 3 is 2.74 bits per heavy atom. The summed E-state index contributed by atoms with van der Waals surface area (Å²) in [6, 6.07) is 9.79. The molecule has 2 aromatic heterocycles. The van der Waals surface area contributed by atoms with Crippen molar-refractivity contribution in [3.05, 3.63) is 52.2 Å². The van der Waals surface area contributed by atoms with Gasteiger partial charge in [-0.15, -0.1) is 11.3 Å². The summed E-state index contributed by atoms with van der Waals surface area (Å²) < 4.78 is 5.00. The second-order valence-electron chi connectivity index (χ2n) is 5.37. The maximum Gasteiger partial charge on any atom is 0.228 e. The summed E-state index contributed by atoms with van der Waals surface area (Å²) in [5.74, 6) is 1.04. The molecule has 1 aromatic carbocycles. The molecule has 0 saturated heterocycles. The summed E-state index contributed by atoms with van der Waals surface area (Å²) >= 11 is 1.53. The molecule has 0 aliphatic rings. The van der Waals surface area contributed by atoms with E-state index in [-0.39, 0.29) is 5.91 Å². The van der Waals surface area contributed by atoms with Crippen LogP contribution in [-0.4, -0.2) is 16.0 Å². The molecule has 2 heterocycles. The number of nitrogens with one attached hydrogen (secondary N) is 1. The number of amides is 1. The number of hydrogen-bond acceptors (Lipinski definition) is 5. The van der Waals surface area contributed by atoms with E-state index < -0.39 is 0 Å². The van der Waals surface area contributed by atoms with Crippen LogP contribution in [0.25, 0.3) is 10.7 Å². The highest BCUT2D eigenvalue weighted by Crippen LogP contribution is 2.32. The summed E-state index contributed by atoms with van der Waals surface area (Å²) in [6.07, 6.45) is 0.360. The van der Waals surface area contributed by atoms with Crippen LogP contribution >= 0.6 is 11.3 Å². The topological polar surface area (TPSA) is 68.0 Å². The largest absolute Gasteiger partial charge is 0.339 e. The van der Waals surface area contributed by atoms with Gasteiger partial charge in [-0.2, -0.15) is 4.98 Å². The first-order valence-electron chi connectivity index (χ1n) is 7.28. The van der Waals surface area contributed by atoms with E-state index >= 15 is 0 Å². The van der Waals surface area contributed by atoms with Crippen LogP contribution in [0.15, 0.2) is 34.9 Å². The molecule has 0 bridgehead atoms. The Labute approximate surface area is 138 Å². The third kappa shape index (κ3) is 3.48. The van der Waals surface area contributed by atoms with Gasteiger partial charge in [-0.3, -0.25) is 4.79 Å². The summed E-state index contributed by atoms with van der Waals surface area (Å²) in [5.41, 5.74) is 2.95. The maximum absolute atomic E-state index is 12.3. The highest BCUT2D eigenvalue weighted by molar-refractivity contribution is 7.16. The normalized spacial score (nSPS) is 10.7. The quantitative estimate of drug-likeness (QED) is 0.789. The van der Waals surface area contributed by atoms with Crippen LogP contribution in [0.3, 0.4) is 0 Å². The molecule has 0 atom stereocenters. The Kier molecular flexibility index (Phi) is 4.25. The first kappa shape index (κ1) is 15.4. The number of hydrogen-bond donors (Lipinski definition) is 1. The number of nitrogens with zero attached hydrogens (tertiary/aromatic N) is 2. The van der Waals surface area contributed by atoms with Gasteiger partial charge in [0.05, 0.1) is 17.0 Å². The van der Waals surface area contributed by atoms with E-state index in [2.05, 4.69) is 15.5 Å². The molecule has 23 heavy (non-hydrogen) atoms. The number of aryl methyl sites for hydroxylation is 3. The van der Waals surface area contributed by atoms with Crippen LogP contribution in [0.4, 0.5) is 5.69 Å². The van der Waals surface area contributed by atoms with Crippen molar-refractivity contribution < 1.29 is 9.32 Å². The third-order valence-electron chi connectivity index (χ3n) is 3.55. The van der Waals surface area contributed by atoms with Gasteiger partial charge in [0.25, 0.3) is 0 Å². The molecule has 1 N–H and O–H groups in total. The zero-order valence-corrected chi connectivity index (χ0v) is 14.0. The van der Waals surface area contributed by atoms with Gasteiger partial charge in [-0.25, -0.2) is 0 Å². The number of carbonyl (C=O) groups excluding carboxylic acids is 1. The minimum atomic E-state index is -0.0314. The lowest BCUT2D eigenvalue weighted by Crippen LogP contribution is -2.15. The van der Waals surface area contributed by atoms with Gasteiger partial charge in [0.15, 0.2) is 0 Å². The van der Waals surface area contributed by atoms with Crippen LogP contribution in [0.1, 0.15) is 21.9 Å². The zero-order chi connectivity index (χ0) is 16.4. The number of benzene rings is 1. The van der Waals surface area contributed by atoms with E-state index in [1.165, 1.54) is 11.3 Å². The summed E-state index contributed by atoms with van der Waals surface area (Å²) in [5, 5.41) is 6.88. The van der Waals surface area contributed by atoms with E-state index in [9.17, 15) is 4.79 Å². The highest BCUT2D eigenvalue weighted by Gasteiger charge is 2.14. The van der Waals surface area contributed by atoms with Gasteiger partial charge in [-0.05, 0) is 31.0 Å². The molecule has 5 nitrogen and oxygen atoms in total.